The molecule has 3 aromatic rings. The van der Waals surface area contributed by atoms with E-state index < -0.39 is 0 Å². The van der Waals surface area contributed by atoms with E-state index in [0.29, 0.717) is 5.56 Å². The van der Waals surface area contributed by atoms with Crippen LogP contribution in [0.4, 0.5) is 5.69 Å². The number of nitrogens with one attached hydrogen (secondary N) is 2. The molecule has 94 valence electrons. The predicted octanol–water partition coefficient (Wildman–Crippen LogP) is 3.12. The lowest BCUT2D eigenvalue weighted by atomic mass is 10.1. The predicted molar refractivity (Wildman–Crippen MR) is 75.2 cm³/mol. The Morgan fingerprint density at radius 2 is 2.11 bits per heavy atom. The van der Waals surface area contributed by atoms with Gasteiger partial charge in [-0.15, -0.1) is 0 Å². The number of benzene rings is 2. The van der Waals surface area contributed by atoms with Crippen LogP contribution in [0.2, 0.25) is 0 Å². The summed E-state index contributed by atoms with van der Waals surface area (Å²) in [4.78, 5) is 12.1. The van der Waals surface area contributed by atoms with Crippen LogP contribution in [0.5, 0.6) is 0 Å². The summed E-state index contributed by atoms with van der Waals surface area (Å²) in [6.45, 7) is 1.99. The Morgan fingerprint density at radius 3 is 2.95 bits per heavy atom. The zero-order valence-corrected chi connectivity index (χ0v) is 10.5. The van der Waals surface area contributed by atoms with E-state index in [9.17, 15) is 4.79 Å². The van der Waals surface area contributed by atoms with Crippen molar-refractivity contribution in [1.82, 2.24) is 10.2 Å². The van der Waals surface area contributed by atoms with Crippen molar-refractivity contribution < 1.29 is 4.79 Å². The largest absolute Gasteiger partial charge is 0.322 e. The maximum atomic E-state index is 12.1. The van der Waals surface area contributed by atoms with Gasteiger partial charge in [0.25, 0.3) is 5.91 Å². The van der Waals surface area contributed by atoms with Gasteiger partial charge in [-0.3, -0.25) is 9.89 Å². The molecule has 1 aromatic heterocycles. The van der Waals surface area contributed by atoms with Crippen LogP contribution >= 0.6 is 0 Å². The number of carbonyl (C=O) groups excluding carboxylic acids is 1. The van der Waals surface area contributed by atoms with Crippen LogP contribution in [-0.4, -0.2) is 16.1 Å². The minimum Gasteiger partial charge on any atom is -0.322 e. The summed E-state index contributed by atoms with van der Waals surface area (Å²) in [5.41, 5.74) is 3.38. The molecule has 0 spiro atoms. The van der Waals surface area contributed by atoms with Gasteiger partial charge in [0.1, 0.15) is 0 Å². The van der Waals surface area contributed by atoms with Gasteiger partial charge in [-0.05, 0) is 36.8 Å². The second kappa shape index (κ2) is 4.57. The molecule has 2 aromatic carbocycles. The van der Waals surface area contributed by atoms with Gasteiger partial charge in [0, 0.05) is 16.6 Å². The van der Waals surface area contributed by atoms with Crippen LogP contribution in [0.15, 0.2) is 48.7 Å². The number of aromatic amines is 1. The first-order chi connectivity index (χ1) is 9.22. The number of amides is 1. The molecule has 4 heteroatoms. The Bertz CT molecular complexity index is 746. The SMILES string of the molecule is Cc1cccc(NC(=O)c2ccc3cn[nH]c3c2)c1. The summed E-state index contributed by atoms with van der Waals surface area (Å²) in [6.07, 6.45) is 1.73. The van der Waals surface area contributed by atoms with Crippen LogP contribution in [0.3, 0.4) is 0 Å². The summed E-state index contributed by atoms with van der Waals surface area (Å²) in [7, 11) is 0. The summed E-state index contributed by atoms with van der Waals surface area (Å²) in [5, 5.41) is 10.7. The molecule has 0 fully saturated rings. The number of hydrogen-bond acceptors (Lipinski definition) is 2. The Hall–Kier alpha value is -2.62. The third-order valence-electron chi connectivity index (χ3n) is 2.98. The average Bonchev–Trinajstić information content (AvgIpc) is 2.85. The van der Waals surface area contributed by atoms with Gasteiger partial charge >= 0.3 is 0 Å². The van der Waals surface area contributed by atoms with Crippen molar-refractivity contribution in [2.24, 2.45) is 0 Å². The Labute approximate surface area is 110 Å². The monoisotopic (exact) mass is 251 g/mol. The Kier molecular flexibility index (Phi) is 2.76. The zero-order chi connectivity index (χ0) is 13.2. The molecule has 1 heterocycles. The fourth-order valence-electron chi connectivity index (χ4n) is 2.00. The number of aryl methyl sites for hydroxylation is 1. The highest BCUT2D eigenvalue weighted by Crippen LogP contribution is 2.15. The topological polar surface area (TPSA) is 57.8 Å². The fraction of sp³-hybridized carbons (Fsp3) is 0.0667. The first-order valence-corrected chi connectivity index (χ1v) is 6.03. The van der Waals surface area contributed by atoms with Gasteiger partial charge in [-0.25, -0.2) is 0 Å². The van der Waals surface area contributed by atoms with Gasteiger partial charge in [-0.2, -0.15) is 5.10 Å². The molecule has 0 aliphatic carbocycles. The van der Waals surface area contributed by atoms with E-state index >= 15 is 0 Å². The normalized spacial score (nSPS) is 10.6. The molecule has 4 nitrogen and oxygen atoms in total. The summed E-state index contributed by atoms with van der Waals surface area (Å²) in [6, 6.07) is 13.2. The number of hydrogen-bond donors (Lipinski definition) is 2. The van der Waals surface area contributed by atoms with Gasteiger partial charge in [-0.1, -0.05) is 18.2 Å². The van der Waals surface area contributed by atoms with E-state index in [0.717, 1.165) is 22.2 Å². The number of fused-ring (bicyclic) bond motifs is 1. The molecule has 1 amide bonds. The number of H-pyrrole nitrogens is 1. The maximum Gasteiger partial charge on any atom is 0.255 e. The standard InChI is InChI=1S/C15H13N3O/c1-10-3-2-4-13(7-10)17-15(19)11-5-6-12-9-16-18-14(12)8-11/h2-9H,1H3,(H,16,18)(H,17,19). The molecule has 0 saturated heterocycles. The highest BCUT2D eigenvalue weighted by molar-refractivity contribution is 6.06. The summed E-state index contributed by atoms with van der Waals surface area (Å²) < 4.78 is 0. The summed E-state index contributed by atoms with van der Waals surface area (Å²) in [5.74, 6) is -0.123. The lowest BCUT2D eigenvalue weighted by Crippen LogP contribution is -2.11. The van der Waals surface area contributed by atoms with Crippen molar-refractivity contribution >= 4 is 22.5 Å². The molecule has 0 radical (unpaired) electrons. The molecule has 0 aliphatic rings. The number of anilines is 1. The van der Waals surface area contributed by atoms with Crippen molar-refractivity contribution in [1.29, 1.82) is 0 Å². The Morgan fingerprint density at radius 1 is 1.21 bits per heavy atom. The number of carbonyl (C=O) groups is 1. The molecule has 0 unspecified atom stereocenters. The van der Waals surface area contributed by atoms with Crippen molar-refractivity contribution in [2.45, 2.75) is 6.92 Å². The number of aromatic nitrogens is 2. The van der Waals surface area contributed by atoms with Gasteiger partial charge in [0.2, 0.25) is 0 Å². The van der Waals surface area contributed by atoms with Crippen molar-refractivity contribution in [3.05, 3.63) is 59.8 Å². The van der Waals surface area contributed by atoms with Crippen molar-refractivity contribution in [3.63, 3.8) is 0 Å². The third-order valence-corrected chi connectivity index (χ3v) is 2.98. The van der Waals surface area contributed by atoms with Crippen LogP contribution in [0.1, 0.15) is 15.9 Å². The van der Waals surface area contributed by atoms with E-state index in [1.165, 1.54) is 0 Å². The van der Waals surface area contributed by atoms with Crippen molar-refractivity contribution in [3.8, 4) is 0 Å². The quantitative estimate of drug-likeness (QED) is 0.735. The minimum absolute atomic E-state index is 0.123. The maximum absolute atomic E-state index is 12.1. The van der Waals surface area contributed by atoms with Crippen LogP contribution in [-0.2, 0) is 0 Å². The van der Waals surface area contributed by atoms with Crippen LogP contribution in [0, 0.1) is 6.92 Å². The Balaban J connectivity index is 1.87. The molecule has 0 atom stereocenters. The number of rotatable bonds is 2. The van der Waals surface area contributed by atoms with Crippen LogP contribution in [0.25, 0.3) is 10.9 Å². The van der Waals surface area contributed by atoms with E-state index in [-0.39, 0.29) is 5.91 Å². The molecule has 3 rings (SSSR count). The molecule has 19 heavy (non-hydrogen) atoms. The molecule has 2 N–H and O–H groups in total. The lowest BCUT2D eigenvalue weighted by Gasteiger charge is -2.06. The van der Waals surface area contributed by atoms with Crippen molar-refractivity contribution in [2.75, 3.05) is 5.32 Å². The highest BCUT2D eigenvalue weighted by atomic mass is 16.1. The van der Waals surface area contributed by atoms with Gasteiger partial charge in [0.15, 0.2) is 0 Å². The molecular weight excluding hydrogens is 238 g/mol. The smallest absolute Gasteiger partial charge is 0.255 e. The highest BCUT2D eigenvalue weighted by Gasteiger charge is 2.07. The van der Waals surface area contributed by atoms with E-state index in [1.807, 2.05) is 37.3 Å². The first-order valence-electron chi connectivity index (χ1n) is 6.03. The minimum atomic E-state index is -0.123. The number of nitrogens with zero attached hydrogens (tertiary/aromatic N) is 1. The van der Waals surface area contributed by atoms with Gasteiger partial charge < -0.3 is 5.32 Å². The lowest BCUT2D eigenvalue weighted by molar-refractivity contribution is 0.102. The fourth-order valence-corrected chi connectivity index (χ4v) is 2.00. The van der Waals surface area contributed by atoms with E-state index in [1.54, 1.807) is 18.3 Å². The molecule has 0 saturated carbocycles. The molecular formula is C15H13N3O. The van der Waals surface area contributed by atoms with Gasteiger partial charge in [0.05, 0.1) is 11.7 Å². The zero-order valence-electron chi connectivity index (χ0n) is 10.5. The average molecular weight is 251 g/mol. The molecule has 0 bridgehead atoms. The van der Waals surface area contributed by atoms with Crippen LogP contribution < -0.4 is 5.32 Å². The van der Waals surface area contributed by atoms with E-state index in [2.05, 4.69) is 15.5 Å². The third kappa shape index (κ3) is 2.33. The second-order valence-corrected chi connectivity index (χ2v) is 4.50. The molecule has 0 aliphatic heterocycles. The summed E-state index contributed by atoms with van der Waals surface area (Å²) >= 11 is 0. The van der Waals surface area contributed by atoms with E-state index in [4.69, 9.17) is 0 Å². The first kappa shape index (κ1) is 11.5. The second-order valence-electron chi connectivity index (χ2n) is 4.50.